The van der Waals surface area contributed by atoms with Crippen LogP contribution in [0.3, 0.4) is 0 Å². The number of carbonyl (C=O) groups excluding carboxylic acids is 1. The van der Waals surface area contributed by atoms with Gasteiger partial charge in [-0.3, -0.25) is 4.79 Å². The standard InChI is InChI=1S/C22H21NO2/c1-16-12-13-21(25-2)19(14-16)22(24)23-20-11-7-6-10-18(20)15-17-8-4-3-5-9-17/h3-14H,15H2,1-2H3,(H,23,24). The number of benzene rings is 3. The Hall–Kier alpha value is -3.07. The van der Waals surface area contributed by atoms with Gasteiger partial charge in [-0.2, -0.15) is 0 Å². The fourth-order valence-electron chi connectivity index (χ4n) is 2.80. The molecule has 3 heteroatoms. The Balaban J connectivity index is 1.86. The molecule has 0 spiro atoms. The molecule has 0 bridgehead atoms. The Morgan fingerprint density at radius 1 is 0.960 bits per heavy atom. The molecule has 126 valence electrons. The molecule has 3 rings (SSSR count). The minimum Gasteiger partial charge on any atom is -0.496 e. The topological polar surface area (TPSA) is 38.3 Å². The summed E-state index contributed by atoms with van der Waals surface area (Å²) in [7, 11) is 1.57. The van der Waals surface area contributed by atoms with Crippen molar-refractivity contribution in [3.8, 4) is 5.75 Å². The first kappa shape index (κ1) is 16.8. The maximum atomic E-state index is 12.8. The van der Waals surface area contributed by atoms with Crippen LogP contribution in [0.5, 0.6) is 5.75 Å². The molecule has 0 heterocycles. The fourth-order valence-corrected chi connectivity index (χ4v) is 2.80. The van der Waals surface area contributed by atoms with Crippen LogP contribution in [-0.4, -0.2) is 13.0 Å². The van der Waals surface area contributed by atoms with Crippen molar-refractivity contribution in [2.24, 2.45) is 0 Å². The number of ether oxygens (including phenoxy) is 1. The molecule has 1 N–H and O–H groups in total. The van der Waals surface area contributed by atoms with E-state index in [1.165, 1.54) is 5.56 Å². The third-order valence-corrected chi connectivity index (χ3v) is 4.10. The van der Waals surface area contributed by atoms with E-state index in [-0.39, 0.29) is 5.91 Å². The predicted octanol–water partition coefficient (Wildman–Crippen LogP) is 4.85. The number of aryl methyl sites for hydroxylation is 1. The van der Waals surface area contributed by atoms with Gasteiger partial charge >= 0.3 is 0 Å². The SMILES string of the molecule is COc1ccc(C)cc1C(=O)Nc1ccccc1Cc1ccccc1. The molecule has 0 unspecified atom stereocenters. The number of rotatable bonds is 5. The van der Waals surface area contributed by atoms with Crippen molar-refractivity contribution in [2.75, 3.05) is 12.4 Å². The van der Waals surface area contributed by atoms with Crippen molar-refractivity contribution >= 4 is 11.6 Å². The number of anilines is 1. The van der Waals surface area contributed by atoms with Gasteiger partial charge in [0.15, 0.2) is 0 Å². The molecule has 0 saturated carbocycles. The lowest BCUT2D eigenvalue weighted by Gasteiger charge is -2.13. The zero-order valence-corrected chi connectivity index (χ0v) is 14.5. The third kappa shape index (κ3) is 4.07. The smallest absolute Gasteiger partial charge is 0.259 e. The average molecular weight is 331 g/mol. The maximum absolute atomic E-state index is 12.8. The molecule has 1 amide bonds. The molecule has 3 aromatic rings. The van der Waals surface area contributed by atoms with Crippen LogP contribution in [0.15, 0.2) is 72.8 Å². The van der Waals surface area contributed by atoms with Crippen molar-refractivity contribution in [3.05, 3.63) is 95.1 Å². The lowest BCUT2D eigenvalue weighted by Crippen LogP contribution is -2.14. The van der Waals surface area contributed by atoms with E-state index in [9.17, 15) is 4.79 Å². The van der Waals surface area contributed by atoms with E-state index < -0.39 is 0 Å². The summed E-state index contributed by atoms with van der Waals surface area (Å²) in [5.74, 6) is 0.407. The molecule has 0 radical (unpaired) electrons. The third-order valence-electron chi connectivity index (χ3n) is 4.10. The summed E-state index contributed by atoms with van der Waals surface area (Å²) in [6, 6.07) is 23.7. The van der Waals surface area contributed by atoms with Crippen LogP contribution in [0.2, 0.25) is 0 Å². The van der Waals surface area contributed by atoms with Gasteiger partial charge in [0, 0.05) is 5.69 Å². The summed E-state index contributed by atoms with van der Waals surface area (Å²) in [6.45, 7) is 1.96. The van der Waals surface area contributed by atoms with Crippen molar-refractivity contribution in [1.82, 2.24) is 0 Å². The molecule has 0 aromatic heterocycles. The van der Waals surface area contributed by atoms with Crippen molar-refractivity contribution in [1.29, 1.82) is 0 Å². The average Bonchev–Trinajstić information content (AvgIpc) is 2.64. The minimum absolute atomic E-state index is 0.166. The Kier molecular flexibility index (Phi) is 5.14. The highest BCUT2D eigenvalue weighted by atomic mass is 16.5. The second-order valence-corrected chi connectivity index (χ2v) is 5.98. The molecule has 25 heavy (non-hydrogen) atoms. The van der Waals surface area contributed by atoms with Gasteiger partial charge in [0.05, 0.1) is 12.7 Å². The summed E-state index contributed by atoms with van der Waals surface area (Å²) in [6.07, 6.45) is 0.766. The highest BCUT2D eigenvalue weighted by Gasteiger charge is 2.14. The summed E-state index contributed by atoms with van der Waals surface area (Å²) in [5, 5.41) is 3.03. The summed E-state index contributed by atoms with van der Waals surface area (Å²) < 4.78 is 5.32. The van der Waals surface area contributed by atoms with E-state index in [1.807, 2.05) is 67.6 Å². The fraction of sp³-hybridized carbons (Fsp3) is 0.136. The molecule has 0 fully saturated rings. The van der Waals surface area contributed by atoms with E-state index in [1.54, 1.807) is 7.11 Å². The number of para-hydroxylation sites is 1. The maximum Gasteiger partial charge on any atom is 0.259 e. The number of carbonyl (C=O) groups is 1. The minimum atomic E-state index is -0.166. The van der Waals surface area contributed by atoms with Crippen LogP contribution in [-0.2, 0) is 6.42 Å². The Morgan fingerprint density at radius 3 is 2.44 bits per heavy atom. The van der Waals surface area contributed by atoms with Crippen LogP contribution in [0.1, 0.15) is 27.0 Å². The normalized spacial score (nSPS) is 10.3. The number of methoxy groups -OCH3 is 1. The molecule has 0 aliphatic rings. The van der Waals surface area contributed by atoms with E-state index in [0.717, 1.165) is 23.2 Å². The van der Waals surface area contributed by atoms with Gasteiger partial charge < -0.3 is 10.1 Å². The van der Waals surface area contributed by atoms with E-state index in [4.69, 9.17) is 4.74 Å². The largest absolute Gasteiger partial charge is 0.496 e. The van der Waals surface area contributed by atoms with E-state index in [0.29, 0.717) is 11.3 Å². The quantitative estimate of drug-likeness (QED) is 0.726. The number of hydrogen-bond donors (Lipinski definition) is 1. The first-order valence-electron chi connectivity index (χ1n) is 8.25. The highest BCUT2D eigenvalue weighted by Crippen LogP contribution is 2.24. The Bertz CT molecular complexity index is 872. The van der Waals surface area contributed by atoms with Gasteiger partial charge in [0.2, 0.25) is 0 Å². The van der Waals surface area contributed by atoms with Gasteiger partial charge in [0.1, 0.15) is 5.75 Å². The second-order valence-electron chi connectivity index (χ2n) is 5.98. The van der Waals surface area contributed by atoms with Gasteiger partial charge in [0.25, 0.3) is 5.91 Å². The number of hydrogen-bond acceptors (Lipinski definition) is 2. The molecule has 3 aromatic carbocycles. The summed E-state index contributed by atoms with van der Waals surface area (Å²) in [4.78, 5) is 12.8. The molecule has 0 saturated heterocycles. The zero-order chi connectivity index (χ0) is 17.6. The molecule has 0 atom stereocenters. The lowest BCUT2D eigenvalue weighted by molar-refractivity contribution is 0.102. The highest BCUT2D eigenvalue weighted by molar-refractivity contribution is 6.06. The van der Waals surface area contributed by atoms with Crippen molar-refractivity contribution < 1.29 is 9.53 Å². The van der Waals surface area contributed by atoms with E-state index >= 15 is 0 Å². The van der Waals surface area contributed by atoms with Crippen LogP contribution in [0, 0.1) is 6.92 Å². The van der Waals surface area contributed by atoms with Gasteiger partial charge in [-0.15, -0.1) is 0 Å². The van der Waals surface area contributed by atoms with Crippen molar-refractivity contribution in [3.63, 3.8) is 0 Å². The van der Waals surface area contributed by atoms with Crippen molar-refractivity contribution in [2.45, 2.75) is 13.3 Å². The molecule has 0 aliphatic heterocycles. The number of nitrogens with one attached hydrogen (secondary N) is 1. The summed E-state index contributed by atoms with van der Waals surface area (Å²) >= 11 is 0. The molecule has 0 aliphatic carbocycles. The number of amides is 1. The van der Waals surface area contributed by atoms with Gasteiger partial charge in [-0.05, 0) is 42.7 Å². The summed E-state index contributed by atoms with van der Waals surface area (Å²) in [5.41, 5.74) is 4.66. The second kappa shape index (κ2) is 7.67. The van der Waals surface area contributed by atoms with Gasteiger partial charge in [-0.1, -0.05) is 60.2 Å². The molecular weight excluding hydrogens is 310 g/mol. The van der Waals surface area contributed by atoms with Gasteiger partial charge in [-0.25, -0.2) is 0 Å². The zero-order valence-electron chi connectivity index (χ0n) is 14.5. The van der Waals surface area contributed by atoms with E-state index in [2.05, 4.69) is 17.4 Å². The first-order valence-corrected chi connectivity index (χ1v) is 8.25. The molecular formula is C22H21NO2. The van der Waals surface area contributed by atoms with Crippen LogP contribution in [0.4, 0.5) is 5.69 Å². The lowest BCUT2D eigenvalue weighted by atomic mass is 10.0. The molecule has 3 nitrogen and oxygen atoms in total. The first-order chi connectivity index (χ1) is 12.2. The van der Waals surface area contributed by atoms with Crippen LogP contribution >= 0.6 is 0 Å². The van der Waals surface area contributed by atoms with Crippen LogP contribution in [0.25, 0.3) is 0 Å². The Labute approximate surface area is 148 Å². The monoisotopic (exact) mass is 331 g/mol. The predicted molar refractivity (Wildman–Crippen MR) is 101 cm³/mol. The van der Waals surface area contributed by atoms with Crippen LogP contribution < -0.4 is 10.1 Å². The Morgan fingerprint density at radius 2 is 1.68 bits per heavy atom.